The smallest absolute Gasteiger partial charge is 0.0701 e. The van der Waals surface area contributed by atoms with Crippen LogP contribution in [-0.2, 0) is 6.42 Å². The Morgan fingerprint density at radius 3 is 2.69 bits per heavy atom. The molecule has 2 N–H and O–H groups in total. The molecule has 1 aromatic rings. The summed E-state index contributed by atoms with van der Waals surface area (Å²) < 4.78 is 1.15. The van der Waals surface area contributed by atoms with Gasteiger partial charge in [0.15, 0.2) is 0 Å². The maximum absolute atomic E-state index is 9.17. The Bertz CT molecular complexity index is 306. The Balaban J connectivity index is 2.36. The normalized spacial score (nSPS) is 13.3. The van der Waals surface area contributed by atoms with Crippen molar-refractivity contribution in [3.05, 3.63) is 20.8 Å². The predicted octanol–water partition coefficient (Wildman–Crippen LogP) is 1.73. The number of hydrogen-bond acceptors (Lipinski definition) is 4. The molecule has 0 fully saturated rings. The molecule has 0 saturated carbocycles. The molecule has 1 unspecified atom stereocenters. The zero-order valence-electron chi connectivity index (χ0n) is 9.40. The predicted molar refractivity (Wildman–Crippen MR) is 70.9 cm³/mol. The van der Waals surface area contributed by atoms with Crippen LogP contribution in [0.25, 0.3) is 0 Å². The molecule has 3 nitrogen and oxygen atoms in total. The molecule has 0 saturated heterocycles. The second-order valence-corrected chi connectivity index (χ2v) is 6.33. The first-order chi connectivity index (χ1) is 7.67. The van der Waals surface area contributed by atoms with Crippen molar-refractivity contribution in [2.75, 3.05) is 26.8 Å². The van der Waals surface area contributed by atoms with Crippen molar-refractivity contribution in [2.24, 2.45) is 0 Å². The molecule has 1 atom stereocenters. The fraction of sp³-hybridized carbons (Fsp3) is 0.636. The van der Waals surface area contributed by atoms with E-state index in [1.165, 1.54) is 4.88 Å². The van der Waals surface area contributed by atoms with Crippen LogP contribution in [0.5, 0.6) is 0 Å². The fourth-order valence-electron chi connectivity index (χ4n) is 1.56. The van der Waals surface area contributed by atoms with Crippen LogP contribution in [-0.4, -0.2) is 48.0 Å². The van der Waals surface area contributed by atoms with E-state index >= 15 is 0 Å². The Kier molecular flexibility index (Phi) is 6.53. The topological polar surface area (TPSA) is 43.7 Å². The van der Waals surface area contributed by atoms with Crippen molar-refractivity contribution in [3.8, 4) is 0 Å². The van der Waals surface area contributed by atoms with E-state index < -0.39 is 0 Å². The van der Waals surface area contributed by atoms with Crippen LogP contribution >= 0.6 is 27.3 Å². The van der Waals surface area contributed by atoms with Gasteiger partial charge in [-0.15, -0.1) is 11.3 Å². The van der Waals surface area contributed by atoms with E-state index in [2.05, 4.69) is 33.0 Å². The van der Waals surface area contributed by atoms with Gasteiger partial charge in [0.1, 0.15) is 0 Å². The van der Waals surface area contributed by atoms with Crippen molar-refractivity contribution in [2.45, 2.75) is 18.9 Å². The molecule has 0 aliphatic rings. The summed E-state index contributed by atoms with van der Waals surface area (Å²) >= 11 is 5.18. The van der Waals surface area contributed by atoms with Gasteiger partial charge in [0.2, 0.25) is 0 Å². The lowest BCUT2D eigenvalue weighted by Crippen LogP contribution is -2.36. The van der Waals surface area contributed by atoms with Crippen molar-refractivity contribution in [3.63, 3.8) is 0 Å². The second kappa shape index (κ2) is 7.40. The van der Waals surface area contributed by atoms with Gasteiger partial charge in [0.05, 0.1) is 10.4 Å². The minimum Gasteiger partial charge on any atom is -0.396 e. The molecule has 0 aliphatic heterocycles. The van der Waals surface area contributed by atoms with Crippen LogP contribution in [0, 0.1) is 0 Å². The van der Waals surface area contributed by atoms with Gasteiger partial charge in [-0.2, -0.15) is 0 Å². The van der Waals surface area contributed by atoms with Gasteiger partial charge in [-0.25, -0.2) is 0 Å². The van der Waals surface area contributed by atoms with E-state index in [0.717, 1.165) is 16.8 Å². The highest BCUT2D eigenvalue weighted by Gasteiger charge is 2.12. The fourth-order valence-corrected chi connectivity index (χ4v) is 3.03. The molecule has 16 heavy (non-hydrogen) atoms. The lowest BCUT2D eigenvalue weighted by Gasteiger charge is -2.25. The molecule has 1 aromatic heterocycles. The minimum atomic E-state index is 0.0633. The number of nitrogens with zero attached hydrogens (tertiary/aromatic N) is 1. The number of aliphatic hydroxyl groups is 2. The van der Waals surface area contributed by atoms with Crippen LogP contribution in [0.15, 0.2) is 15.9 Å². The monoisotopic (exact) mass is 307 g/mol. The average molecular weight is 308 g/mol. The largest absolute Gasteiger partial charge is 0.396 e. The number of likely N-dealkylation sites (N-methyl/N-ethyl adjacent to an activating group) is 1. The number of thiophene rings is 1. The molecule has 0 radical (unpaired) electrons. The summed E-state index contributed by atoms with van der Waals surface area (Å²) in [6.45, 7) is 1.13. The standard InChI is InChI=1S/C11H18BrNO2S/c1-13(9(8-15)5-7-14)6-4-10-2-3-11(12)16-10/h2-3,9,14-15H,4-8H2,1H3. The zero-order chi connectivity index (χ0) is 12.0. The van der Waals surface area contributed by atoms with Crippen molar-refractivity contribution >= 4 is 27.3 Å². The molecule has 0 amide bonds. The van der Waals surface area contributed by atoms with Gasteiger partial charge in [-0.05, 0) is 48.0 Å². The van der Waals surface area contributed by atoms with Crippen molar-refractivity contribution in [1.29, 1.82) is 0 Å². The van der Waals surface area contributed by atoms with Gasteiger partial charge in [0.25, 0.3) is 0 Å². The van der Waals surface area contributed by atoms with Crippen molar-refractivity contribution in [1.82, 2.24) is 4.90 Å². The molecule has 0 spiro atoms. The highest BCUT2D eigenvalue weighted by molar-refractivity contribution is 9.11. The summed E-state index contributed by atoms with van der Waals surface area (Å²) in [6, 6.07) is 4.23. The van der Waals surface area contributed by atoms with Gasteiger partial charge in [0, 0.05) is 24.1 Å². The van der Waals surface area contributed by atoms with E-state index in [4.69, 9.17) is 5.11 Å². The maximum atomic E-state index is 9.17. The van der Waals surface area contributed by atoms with Crippen molar-refractivity contribution < 1.29 is 10.2 Å². The summed E-state index contributed by atoms with van der Waals surface area (Å²) in [5.74, 6) is 0. The minimum absolute atomic E-state index is 0.0633. The highest BCUT2D eigenvalue weighted by Crippen LogP contribution is 2.22. The summed E-state index contributed by atoms with van der Waals surface area (Å²) in [6.07, 6.45) is 1.61. The third kappa shape index (κ3) is 4.51. The van der Waals surface area contributed by atoms with E-state index in [1.807, 2.05) is 7.05 Å². The molecule has 0 aliphatic carbocycles. The first kappa shape index (κ1) is 14.1. The van der Waals surface area contributed by atoms with Gasteiger partial charge >= 0.3 is 0 Å². The van der Waals surface area contributed by atoms with E-state index in [1.54, 1.807) is 11.3 Å². The Labute approximate surface area is 109 Å². The third-order valence-corrected chi connectivity index (χ3v) is 4.32. The summed E-state index contributed by atoms with van der Waals surface area (Å²) in [4.78, 5) is 3.43. The Morgan fingerprint density at radius 1 is 1.44 bits per heavy atom. The first-order valence-corrected chi connectivity index (χ1v) is 6.94. The molecule has 0 aromatic carbocycles. The number of aliphatic hydroxyl groups excluding tert-OH is 2. The molecular weight excluding hydrogens is 290 g/mol. The maximum Gasteiger partial charge on any atom is 0.0701 e. The van der Waals surface area contributed by atoms with Gasteiger partial charge in [-0.1, -0.05) is 0 Å². The van der Waals surface area contributed by atoms with E-state index in [-0.39, 0.29) is 19.3 Å². The molecule has 92 valence electrons. The van der Waals surface area contributed by atoms with E-state index in [9.17, 15) is 5.11 Å². The van der Waals surface area contributed by atoms with Crippen LogP contribution < -0.4 is 0 Å². The van der Waals surface area contributed by atoms with E-state index in [0.29, 0.717) is 6.42 Å². The lowest BCUT2D eigenvalue weighted by atomic mass is 10.2. The van der Waals surface area contributed by atoms with Crippen LogP contribution in [0.2, 0.25) is 0 Å². The van der Waals surface area contributed by atoms with Crippen LogP contribution in [0.1, 0.15) is 11.3 Å². The Hall–Kier alpha value is 0.0600. The second-order valence-electron chi connectivity index (χ2n) is 3.79. The Morgan fingerprint density at radius 2 is 2.19 bits per heavy atom. The number of rotatable bonds is 7. The first-order valence-electron chi connectivity index (χ1n) is 5.33. The zero-order valence-corrected chi connectivity index (χ0v) is 11.8. The number of hydrogen-bond donors (Lipinski definition) is 2. The average Bonchev–Trinajstić information content (AvgIpc) is 2.68. The summed E-state index contributed by atoms with van der Waals surface area (Å²) in [7, 11) is 1.99. The number of halogens is 1. The summed E-state index contributed by atoms with van der Waals surface area (Å²) in [5.41, 5.74) is 0. The molecule has 1 heterocycles. The SMILES string of the molecule is CN(CCc1ccc(Br)s1)C(CO)CCO. The van der Waals surface area contributed by atoms with Gasteiger partial charge < -0.3 is 15.1 Å². The van der Waals surface area contributed by atoms with Crippen LogP contribution in [0.4, 0.5) is 0 Å². The highest BCUT2D eigenvalue weighted by atomic mass is 79.9. The third-order valence-electron chi connectivity index (χ3n) is 2.64. The molecule has 1 rings (SSSR count). The lowest BCUT2D eigenvalue weighted by molar-refractivity contribution is 0.121. The molecular formula is C11H18BrNO2S. The van der Waals surface area contributed by atoms with Gasteiger partial charge in [-0.3, -0.25) is 0 Å². The summed E-state index contributed by atoms with van der Waals surface area (Å²) in [5, 5.41) is 18.0. The quantitative estimate of drug-likeness (QED) is 0.806. The van der Waals surface area contributed by atoms with Crippen LogP contribution in [0.3, 0.4) is 0 Å². The molecule has 0 bridgehead atoms. The molecule has 5 heteroatoms.